The van der Waals surface area contributed by atoms with E-state index in [4.69, 9.17) is 4.84 Å². The zero-order valence-electron chi connectivity index (χ0n) is 13.5. The van der Waals surface area contributed by atoms with E-state index >= 15 is 0 Å². The number of aromatic nitrogens is 2. The summed E-state index contributed by atoms with van der Waals surface area (Å²) in [6.45, 7) is 3.63. The lowest BCUT2D eigenvalue weighted by molar-refractivity contribution is -0.141. The van der Waals surface area contributed by atoms with Crippen LogP contribution in [-0.2, 0) is 16.8 Å². The molecule has 134 valence electrons. The van der Waals surface area contributed by atoms with Crippen molar-refractivity contribution in [2.45, 2.75) is 31.4 Å². The molecule has 5 nitrogen and oxygen atoms in total. The fourth-order valence-corrected chi connectivity index (χ4v) is 3.41. The Balaban J connectivity index is 1.95. The van der Waals surface area contributed by atoms with Gasteiger partial charge >= 0.3 is 6.18 Å². The van der Waals surface area contributed by atoms with Crippen LogP contribution in [0.25, 0.3) is 5.69 Å². The summed E-state index contributed by atoms with van der Waals surface area (Å²) in [7, 11) is 0. The van der Waals surface area contributed by atoms with Gasteiger partial charge in [0, 0.05) is 5.75 Å². The number of hydrogen-bond donors (Lipinski definition) is 2. The summed E-state index contributed by atoms with van der Waals surface area (Å²) in [4.78, 5) is 17.8. The van der Waals surface area contributed by atoms with Gasteiger partial charge in [-0.3, -0.25) is 20.2 Å². The molecule has 3 rings (SSSR count). The van der Waals surface area contributed by atoms with Crippen LogP contribution in [0.15, 0.2) is 46.2 Å². The first-order chi connectivity index (χ1) is 11.7. The number of nitrogens with one attached hydrogen (secondary N) is 2. The van der Waals surface area contributed by atoms with Gasteiger partial charge in [-0.15, -0.1) is 11.8 Å². The lowest BCUT2D eigenvalue weighted by Gasteiger charge is -2.11. The minimum atomic E-state index is -4.65. The van der Waals surface area contributed by atoms with Gasteiger partial charge in [0.15, 0.2) is 0 Å². The Kier molecular flexibility index (Phi) is 4.46. The zero-order valence-corrected chi connectivity index (χ0v) is 14.3. The van der Waals surface area contributed by atoms with Gasteiger partial charge in [-0.2, -0.15) is 13.2 Å². The Morgan fingerprint density at radius 3 is 2.48 bits per heavy atom. The van der Waals surface area contributed by atoms with Crippen LogP contribution in [0, 0.1) is 0 Å². The summed E-state index contributed by atoms with van der Waals surface area (Å²) in [5.41, 5.74) is 0.380. The Bertz CT molecular complexity index is 854. The number of benzene rings is 1. The van der Waals surface area contributed by atoms with E-state index in [-0.39, 0.29) is 11.3 Å². The molecule has 0 bridgehead atoms. The van der Waals surface area contributed by atoms with Crippen molar-refractivity contribution in [1.82, 2.24) is 15.3 Å². The number of para-hydroxylation sites is 1. The first-order valence-corrected chi connectivity index (χ1v) is 8.42. The quantitative estimate of drug-likeness (QED) is 0.863. The first kappa shape index (κ1) is 17.7. The van der Waals surface area contributed by atoms with Gasteiger partial charge in [0.25, 0.3) is 5.56 Å². The topological polar surface area (TPSA) is 59.0 Å². The Labute approximate surface area is 145 Å². The molecular weight excluding hydrogens is 355 g/mol. The molecule has 2 aromatic rings. The molecule has 1 aromatic carbocycles. The van der Waals surface area contributed by atoms with Crippen molar-refractivity contribution in [3.63, 3.8) is 0 Å². The number of alkyl halides is 3. The zero-order chi connectivity index (χ0) is 18.2. The maximum Gasteiger partial charge on any atom is 0.433 e. The van der Waals surface area contributed by atoms with Crippen LogP contribution in [0.3, 0.4) is 0 Å². The second-order valence-corrected chi connectivity index (χ2v) is 7.06. The number of nitrogens with zero attached hydrogens (tertiary/aromatic N) is 1. The molecule has 0 unspecified atom stereocenters. The van der Waals surface area contributed by atoms with Crippen LogP contribution in [0.4, 0.5) is 13.2 Å². The fraction of sp³-hybridized carbons (Fsp3) is 0.312. The summed E-state index contributed by atoms with van der Waals surface area (Å²) in [6, 6.07) is 8.14. The molecule has 2 heterocycles. The number of thioether (sulfide) groups is 1. The van der Waals surface area contributed by atoms with Crippen LogP contribution < -0.4 is 11.0 Å². The van der Waals surface area contributed by atoms with Crippen LogP contribution in [0.2, 0.25) is 0 Å². The minimum absolute atomic E-state index is 0.137. The highest BCUT2D eigenvalue weighted by atomic mass is 32.2. The van der Waals surface area contributed by atoms with Crippen LogP contribution in [0.1, 0.15) is 25.1 Å². The number of hydrogen-bond acceptors (Lipinski definition) is 4. The molecule has 0 atom stereocenters. The molecule has 1 aliphatic heterocycles. The van der Waals surface area contributed by atoms with E-state index in [1.165, 1.54) is 0 Å². The van der Waals surface area contributed by atoms with E-state index < -0.39 is 23.0 Å². The lowest BCUT2D eigenvalue weighted by atomic mass is 10.1. The number of halogens is 3. The van der Waals surface area contributed by atoms with Gasteiger partial charge < -0.3 is 0 Å². The van der Waals surface area contributed by atoms with Crippen molar-refractivity contribution in [3.8, 4) is 5.69 Å². The fourth-order valence-electron chi connectivity index (χ4n) is 2.38. The molecule has 9 heteroatoms. The van der Waals surface area contributed by atoms with E-state index in [1.54, 1.807) is 36.4 Å². The van der Waals surface area contributed by atoms with Gasteiger partial charge in [-0.1, -0.05) is 18.2 Å². The first-order valence-electron chi connectivity index (χ1n) is 7.43. The van der Waals surface area contributed by atoms with Gasteiger partial charge in [0.05, 0.1) is 16.3 Å². The van der Waals surface area contributed by atoms with E-state index in [0.29, 0.717) is 10.7 Å². The summed E-state index contributed by atoms with van der Waals surface area (Å²) in [6.07, 6.45) is -2.89. The maximum atomic E-state index is 13.3. The highest BCUT2D eigenvalue weighted by Gasteiger charge is 2.38. The predicted octanol–water partition coefficient (Wildman–Crippen LogP) is 3.57. The Hall–Kier alpha value is -2.13. The lowest BCUT2D eigenvalue weighted by Crippen LogP contribution is -2.20. The molecule has 0 aliphatic carbocycles. The average molecular weight is 371 g/mol. The van der Waals surface area contributed by atoms with Gasteiger partial charge in [0.2, 0.25) is 0 Å². The van der Waals surface area contributed by atoms with E-state index in [0.717, 1.165) is 16.4 Å². The average Bonchev–Trinajstić information content (AvgIpc) is 3.05. The van der Waals surface area contributed by atoms with E-state index in [2.05, 4.69) is 10.6 Å². The molecule has 0 saturated carbocycles. The van der Waals surface area contributed by atoms with Gasteiger partial charge in [-0.05, 0) is 32.1 Å². The van der Waals surface area contributed by atoms with Crippen LogP contribution >= 0.6 is 11.8 Å². The Morgan fingerprint density at radius 2 is 1.92 bits per heavy atom. The monoisotopic (exact) mass is 371 g/mol. The third-order valence-corrected chi connectivity index (χ3v) is 4.50. The second-order valence-electron chi connectivity index (χ2n) is 6.04. The van der Waals surface area contributed by atoms with E-state index in [1.807, 2.05) is 13.8 Å². The molecular formula is C16H16F3N3O2S. The second kappa shape index (κ2) is 6.30. The van der Waals surface area contributed by atoms with Gasteiger partial charge in [0.1, 0.15) is 11.3 Å². The molecule has 0 amide bonds. The minimum Gasteiger partial charge on any atom is -0.286 e. The Morgan fingerprint density at radius 1 is 1.24 bits per heavy atom. The normalized spacial score (nSPS) is 16.6. The maximum absolute atomic E-state index is 13.3. The highest BCUT2D eigenvalue weighted by Crippen LogP contribution is 2.33. The third kappa shape index (κ3) is 3.77. The SMILES string of the molecule is CC1(C)C=C(SCc2c(C(F)(F)F)[nH]n(-c3ccccc3)c2=O)NO1. The molecule has 1 aliphatic rings. The molecule has 0 radical (unpaired) electrons. The van der Waals surface area contributed by atoms with Crippen molar-refractivity contribution in [1.29, 1.82) is 0 Å². The molecule has 0 saturated heterocycles. The molecule has 0 fully saturated rings. The molecule has 2 N–H and O–H groups in total. The predicted molar refractivity (Wildman–Crippen MR) is 89.1 cm³/mol. The summed E-state index contributed by atoms with van der Waals surface area (Å²) >= 11 is 1.08. The number of aromatic amines is 1. The van der Waals surface area contributed by atoms with Crippen LogP contribution in [-0.4, -0.2) is 15.4 Å². The highest BCUT2D eigenvalue weighted by molar-refractivity contribution is 8.02. The molecule has 25 heavy (non-hydrogen) atoms. The summed E-state index contributed by atoms with van der Waals surface area (Å²) in [5.74, 6) is -0.137. The summed E-state index contributed by atoms with van der Waals surface area (Å²) < 4.78 is 40.9. The van der Waals surface area contributed by atoms with Gasteiger partial charge in [-0.25, -0.2) is 4.68 Å². The van der Waals surface area contributed by atoms with Crippen molar-refractivity contribution in [3.05, 3.63) is 63.0 Å². The summed E-state index contributed by atoms with van der Waals surface area (Å²) in [5, 5.41) is 2.77. The van der Waals surface area contributed by atoms with Crippen LogP contribution in [0.5, 0.6) is 0 Å². The number of H-pyrrole nitrogens is 1. The number of hydroxylamine groups is 1. The largest absolute Gasteiger partial charge is 0.433 e. The van der Waals surface area contributed by atoms with Crippen molar-refractivity contribution in [2.75, 3.05) is 0 Å². The number of rotatable bonds is 4. The van der Waals surface area contributed by atoms with Crippen molar-refractivity contribution in [2.24, 2.45) is 0 Å². The van der Waals surface area contributed by atoms with E-state index in [9.17, 15) is 18.0 Å². The standard InChI is InChI=1S/C16H16F3N3O2S/c1-15(2)8-12(21-24-15)25-9-11-13(16(17,18)19)20-22(14(11)23)10-6-4-3-5-7-10/h3-8,20-21H,9H2,1-2H3. The smallest absolute Gasteiger partial charge is 0.286 e. The van der Waals surface area contributed by atoms with Crippen molar-refractivity contribution < 1.29 is 18.0 Å². The van der Waals surface area contributed by atoms with Crippen molar-refractivity contribution >= 4 is 11.8 Å². The third-order valence-electron chi connectivity index (χ3n) is 3.55. The molecule has 0 spiro atoms. The molecule has 1 aromatic heterocycles.